The maximum Gasteiger partial charge on any atom is 0.200 e. The van der Waals surface area contributed by atoms with Gasteiger partial charge in [0.1, 0.15) is 66.6 Å². The van der Waals surface area contributed by atoms with Gasteiger partial charge in [0, 0.05) is 5.57 Å². The number of ether oxygens (including phenoxy) is 2. The molecule has 0 radical (unpaired) electrons. The van der Waals surface area contributed by atoms with E-state index in [0.29, 0.717) is 6.26 Å². The van der Waals surface area contributed by atoms with Gasteiger partial charge in [0.15, 0.2) is 53.0 Å². The Balaban J connectivity index is 2.48. The third-order valence-electron chi connectivity index (χ3n) is 8.08. The van der Waals surface area contributed by atoms with Crippen LogP contribution in [0.1, 0.15) is 6.92 Å². The van der Waals surface area contributed by atoms with Crippen LogP contribution in [0.3, 0.4) is 0 Å². The van der Waals surface area contributed by atoms with Crippen molar-refractivity contribution in [3.63, 3.8) is 0 Å². The van der Waals surface area contributed by atoms with E-state index in [0.717, 1.165) is 0 Å². The lowest BCUT2D eigenvalue weighted by Crippen LogP contribution is -2.71. The molecule has 272 valence electrons. The highest BCUT2D eigenvalue weighted by Gasteiger charge is 2.57. The minimum absolute atomic E-state index is 0.243. The lowest BCUT2D eigenvalue weighted by molar-refractivity contribution is 0.169. The number of allylic oxidation sites excluding steroid dienone is 8. The first kappa shape index (κ1) is 38.3. The molecule has 2 aliphatic carbocycles. The van der Waals surface area contributed by atoms with Crippen molar-refractivity contribution < 1.29 is 88.5 Å². The molecule has 2 nitrogen and oxygen atoms in total. The van der Waals surface area contributed by atoms with Crippen LogP contribution in [-0.2, 0) is 4.74 Å². The van der Waals surface area contributed by atoms with Crippen LogP contribution >= 0.6 is 0 Å². The quantitative estimate of drug-likeness (QED) is 0.0642. The van der Waals surface area contributed by atoms with Gasteiger partial charge in [-0.15, -0.1) is 21.9 Å². The Morgan fingerprint density at radius 3 is 1.38 bits per heavy atom. The predicted molar refractivity (Wildman–Crippen MR) is 138 cm³/mol. The number of hydrogen-bond acceptors (Lipinski definition) is 2. The van der Waals surface area contributed by atoms with Crippen molar-refractivity contribution in [1.29, 1.82) is 0 Å². The summed E-state index contributed by atoms with van der Waals surface area (Å²) < 4.78 is 285. The van der Waals surface area contributed by atoms with E-state index in [1.165, 1.54) is 0 Å². The zero-order valence-corrected chi connectivity index (χ0v) is 24.2. The van der Waals surface area contributed by atoms with Crippen LogP contribution < -0.4 is 15.7 Å². The Morgan fingerprint density at radius 1 is 0.520 bits per heavy atom. The summed E-state index contributed by atoms with van der Waals surface area (Å²) in [4.78, 5) is 0. The standard InChI is InChI=1S/C29H14BF18O2/c1-3-49-4-5-50-29-27(47)19(39)10(20(40)28(29)48)30(7-13(33)11(31)6(2)12(32)14(7)34,8-15(35)21(41)25(45)22(42)16(8)36)9-17(37)23(43)26(46)24(44)18(9)38/h3,11,13,15,21H,1,4-5H2,2H3/q-1. The smallest absolute Gasteiger partial charge is 0.200 e. The summed E-state index contributed by atoms with van der Waals surface area (Å²) in [5.74, 6) is -47.9. The molecule has 0 amide bonds. The molecule has 5 atom stereocenters. The first-order chi connectivity index (χ1) is 23.2. The molecule has 5 unspecified atom stereocenters. The molecule has 0 aromatic heterocycles. The number of hydrogen-bond donors (Lipinski definition) is 0. The molecule has 0 heterocycles. The molecular formula is C29H14BF18O2-. The van der Waals surface area contributed by atoms with Gasteiger partial charge in [-0.25, -0.2) is 70.2 Å². The monoisotopic (exact) mass is 747 g/mol. The van der Waals surface area contributed by atoms with E-state index in [4.69, 9.17) is 0 Å². The van der Waals surface area contributed by atoms with Gasteiger partial charge in [0.25, 0.3) is 0 Å². The SMILES string of the molecule is C=COCCOc1c(F)c(F)c([B-](C2=C(F)C(F)=C(C)C(F)C2F)(C2=C(F)C(F)=C(F)C(F)C2F)c2c(F)c(F)c(F)c(F)c2F)c(F)c1F. The fourth-order valence-corrected chi connectivity index (χ4v) is 5.88. The number of alkyl halides is 4. The Kier molecular flexibility index (Phi) is 10.5. The number of benzene rings is 2. The van der Waals surface area contributed by atoms with Crippen LogP contribution in [0.15, 0.2) is 58.5 Å². The van der Waals surface area contributed by atoms with Crippen molar-refractivity contribution in [1.82, 2.24) is 0 Å². The van der Waals surface area contributed by atoms with Gasteiger partial charge < -0.3 is 9.47 Å². The minimum Gasteiger partial charge on any atom is -0.498 e. The molecule has 0 bridgehead atoms. The fourth-order valence-electron chi connectivity index (χ4n) is 5.88. The molecule has 0 saturated carbocycles. The average molecular weight is 747 g/mol. The van der Waals surface area contributed by atoms with Crippen molar-refractivity contribution in [3.05, 3.63) is 111 Å². The van der Waals surface area contributed by atoms with Crippen molar-refractivity contribution in [2.24, 2.45) is 0 Å². The van der Waals surface area contributed by atoms with Crippen molar-refractivity contribution in [3.8, 4) is 5.75 Å². The lowest BCUT2D eigenvalue weighted by Gasteiger charge is -2.51. The van der Waals surface area contributed by atoms with E-state index in [1.54, 1.807) is 0 Å². The maximum absolute atomic E-state index is 16.2. The lowest BCUT2D eigenvalue weighted by atomic mass is 9.10. The van der Waals surface area contributed by atoms with Gasteiger partial charge in [-0.3, -0.25) is 0 Å². The van der Waals surface area contributed by atoms with Crippen molar-refractivity contribution in [2.45, 2.75) is 31.6 Å². The summed E-state index contributed by atoms with van der Waals surface area (Å²) in [7, 11) is 0. The molecule has 2 aromatic carbocycles. The Labute approximate surface area is 267 Å². The predicted octanol–water partition coefficient (Wildman–Crippen LogP) is 8.34. The van der Waals surface area contributed by atoms with E-state index in [2.05, 4.69) is 16.1 Å². The van der Waals surface area contributed by atoms with E-state index in [-0.39, 0.29) is 6.92 Å². The third-order valence-corrected chi connectivity index (χ3v) is 8.08. The van der Waals surface area contributed by atoms with E-state index in [9.17, 15) is 26.3 Å². The van der Waals surface area contributed by atoms with Crippen LogP contribution in [0, 0.1) is 52.4 Å². The van der Waals surface area contributed by atoms with Crippen LogP contribution in [0.2, 0.25) is 0 Å². The van der Waals surface area contributed by atoms with Crippen LogP contribution in [0.25, 0.3) is 0 Å². The van der Waals surface area contributed by atoms with Crippen LogP contribution in [0.5, 0.6) is 5.75 Å². The second kappa shape index (κ2) is 13.7. The number of halogens is 18. The summed E-state index contributed by atoms with van der Waals surface area (Å²) in [6, 6.07) is 0. The third kappa shape index (κ3) is 5.34. The zero-order valence-electron chi connectivity index (χ0n) is 24.2. The number of rotatable bonds is 9. The van der Waals surface area contributed by atoms with Crippen LogP contribution in [0.4, 0.5) is 79.0 Å². The maximum atomic E-state index is 16.2. The summed E-state index contributed by atoms with van der Waals surface area (Å²) in [5.41, 5.74) is -14.6. The zero-order chi connectivity index (χ0) is 37.9. The van der Waals surface area contributed by atoms with Gasteiger partial charge >= 0.3 is 0 Å². The van der Waals surface area contributed by atoms with Gasteiger partial charge in [-0.1, -0.05) is 6.58 Å². The van der Waals surface area contributed by atoms with E-state index in [1.807, 2.05) is 0 Å². The first-order valence-corrected chi connectivity index (χ1v) is 13.4. The molecule has 0 spiro atoms. The molecule has 2 aliphatic rings. The molecule has 21 heteroatoms. The fraction of sp³-hybridized carbons (Fsp3) is 0.241. The van der Waals surface area contributed by atoms with Gasteiger partial charge in [0.05, 0.1) is 6.26 Å². The van der Waals surface area contributed by atoms with Crippen molar-refractivity contribution in [2.75, 3.05) is 13.2 Å². The summed E-state index contributed by atoms with van der Waals surface area (Å²) in [5, 5.41) is 0. The molecule has 2 aromatic rings. The van der Waals surface area contributed by atoms with Gasteiger partial charge in [-0.05, 0) is 6.92 Å². The molecule has 0 N–H and O–H groups in total. The summed E-state index contributed by atoms with van der Waals surface area (Å²) >= 11 is 0. The second-order valence-corrected chi connectivity index (χ2v) is 10.5. The minimum atomic E-state index is -6.89. The molecule has 0 aliphatic heterocycles. The van der Waals surface area contributed by atoms with E-state index >= 15 is 52.7 Å². The van der Waals surface area contributed by atoms with E-state index < -0.39 is 159 Å². The molecule has 0 fully saturated rings. The Hall–Kier alpha value is -4.46. The second-order valence-electron chi connectivity index (χ2n) is 10.5. The van der Waals surface area contributed by atoms with Crippen LogP contribution in [-0.4, -0.2) is 44.0 Å². The highest BCUT2D eigenvalue weighted by Crippen LogP contribution is 2.49. The highest BCUT2D eigenvalue weighted by molar-refractivity contribution is 7.13. The van der Waals surface area contributed by atoms with Gasteiger partial charge in [-0.2, -0.15) is 8.78 Å². The largest absolute Gasteiger partial charge is 0.498 e. The molecular weight excluding hydrogens is 733 g/mol. The first-order valence-electron chi connectivity index (χ1n) is 13.4. The molecule has 50 heavy (non-hydrogen) atoms. The summed E-state index contributed by atoms with van der Waals surface area (Å²) in [6.45, 7) is 1.52. The topological polar surface area (TPSA) is 18.5 Å². The molecule has 0 saturated heterocycles. The van der Waals surface area contributed by atoms with Gasteiger partial charge in [0.2, 0.25) is 11.6 Å². The summed E-state index contributed by atoms with van der Waals surface area (Å²) in [6.07, 6.45) is -23.3. The average Bonchev–Trinajstić information content (AvgIpc) is 3.08. The Morgan fingerprint density at radius 2 is 0.920 bits per heavy atom. The highest BCUT2D eigenvalue weighted by atomic mass is 19.2. The van der Waals surface area contributed by atoms with Crippen molar-refractivity contribution >= 4 is 17.1 Å². The normalized spacial score (nSPS) is 22.8. The Bertz CT molecular complexity index is 1800. The molecule has 4 rings (SSSR count).